The minimum absolute atomic E-state index is 0. The first-order valence-corrected chi connectivity index (χ1v) is 21.4. The van der Waals surface area contributed by atoms with Gasteiger partial charge in [0.05, 0.1) is 39.6 Å². The van der Waals surface area contributed by atoms with Crippen LogP contribution in [-0.2, 0) is 0 Å². The number of ether oxygens (including phenoxy) is 6. The molecule has 0 amide bonds. The zero-order valence-corrected chi connectivity index (χ0v) is 42.2. The van der Waals surface area contributed by atoms with Gasteiger partial charge in [-0.1, -0.05) is 71.5 Å². The van der Waals surface area contributed by atoms with Crippen LogP contribution in [0, 0.1) is 35.6 Å². The smallest absolute Gasteiger partial charge is 0.872 e. The maximum Gasteiger partial charge on any atom is 1.00 e. The Hall–Kier alpha value is -4.09. The van der Waals surface area contributed by atoms with Gasteiger partial charge in [0.2, 0.25) is 0 Å². The van der Waals surface area contributed by atoms with Gasteiger partial charge in [-0.25, -0.2) is 0 Å². The Morgan fingerprint density at radius 3 is 1.04 bits per heavy atom. The van der Waals surface area contributed by atoms with E-state index in [0.29, 0.717) is 113 Å². The van der Waals surface area contributed by atoms with Crippen LogP contribution in [0.5, 0.6) is 69.0 Å². The summed E-state index contributed by atoms with van der Waals surface area (Å²) in [5.41, 5.74) is 2.77. The number of fused-ring (bicyclic) bond motifs is 9. The topological polar surface area (TPSA) is 191 Å². The molecule has 12 nitrogen and oxygen atoms in total. The molecule has 0 bridgehead atoms. The average Bonchev–Trinajstić information content (AvgIpc) is 3.37. The van der Waals surface area contributed by atoms with Crippen molar-refractivity contribution in [2.75, 3.05) is 39.6 Å². The molecule has 3 aliphatic rings. The van der Waals surface area contributed by atoms with Crippen molar-refractivity contribution < 1.29 is 132 Å². The van der Waals surface area contributed by atoms with Crippen LogP contribution in [0.15, 0.2) is 109 Å². The standard InChI is InChI=1S/3C17H18O4.La.3Li/c18-12-6-4-8-14-16(12)17-13(19)7-5-9-15(17)21-11-3-1-2-10-20-14;2*18-12-7-8-15-13(11-12)17-14(19)5-4-6-16(17)21-10-3-1-2-9-20-15;;;;/h4-9,18-19H,1-3,10-11H2;2*4-8,11,18-19H,1-3,9-10H2;;;;/q;;;;;2*+1/p-3. The molecule has 0 unspecified atom stereocenters. The van der Waals surface area contributed by atoms with Crippen molar-refractivity contribution in [2.24, 2.45) is 0 Å². The van der Waals surface area contributed by atoms with Crippen LogP contribution in [0.3, 0.4) is 0 Å². The second-order valence-electron chi connectivity index (χ2n) is 15.2. The van der Waals surface area contributed by atoms with Gasteiger partial charge in [-0.15, -0.1) is 0 Å². The van der Waals surface area contributed by atoms with Crippen molar-refractivity contribution in [2.45, 2.75) is 57.8 Å². The van der Waals surface area contributed by atoms with E-state index in [1.54, 1.807) is 84.9 Å². The number of phenolic OH excluding ortho intramolecular Hbond substituents is 1. The van der Waals surface area contributed by atoms with Crippen molar-refractivity contribution in [3.8, 4) is 102 Å². The van der Waals surface area contributed by atoms with Gasteiger partial charge in [0.15, 0.2) is 0 Å². The molecule has 0 aromatic heterocycles. The molecular formula is C51H51LaLi3O12-. The second kappa shape index (κ2) is 29.1. The molecule has 3 N–H and O–H groups in total. The molecule has 67 heavy (non-hydrogen) atoms. The van der Waals surface area contributed by atoms with E-state index in [-0.39, 0.29) is 121 Å². The van der Waals surface area contributed by atoms with Gasteiger partial charge < -0.3 is 59.1 Å². The molecule has 0 saturated carbocycles. The maximum absolute atomic E-state index is 12.3. The van der Waals surface area contributed by atoms with E-state index in [0.717, 1.165) is 57.8 Å². The molecule has 6 aromatic carbocycles. The molecule has 0 fully saturated rings. The molecular weight excluding hydrogens is 964 g/mol. The first kappa shape index (κ1) is 57.2. The van der Waals surface area contributed by atoms with Gasteiger partial charge in [-0.05, 0) is 106 Å². The molecule has 0 saturated heterocycles. The number of hydrogen-bond acceptors (Lipinski definition) is 11. The van der Waals surface area contributed by atoms with Crippen LogP contribution >= 0.6 is 0 Å². The van der Waals surface area contributed by atoms with E-state index in [1.807, 2.05) is 0 Å². The van der Waals surface area contributed by atoms with Crippen LogP contribution in [0.2, 0.25) is 0 Å². The second-order valence-corrected chi connectivity index (χ2v) is 15.2. The summed E-state index contributed by atoms with van der Waals surface area (Å²) in [5, 5.41) is 66.6. The fourth-order valence-electron chi connectivity index (χ4n) is 7.47. The molecule has 6 aromatic rings. The average molecular weight is 1020 g/mol. The third-order valence-corrected chi connectivity index (χ3v) is 10.6. The molecule has 9 rings (SSSR count). The first-order valence-electron chi connectivity index (χ1n) is 21.4. The summed E-state index contributed by atoms with van der Waals surface area (Å²) in [4.78, 5) is 0. The van der Waals surface area contributed by atoms with Crippen LogP contribution in [0.1, 0.15) is 57.8 Å². The number of hydrogen-bond donors (Lipinski definition) is 1. The predicted octanol–water partition coefficient (Wildman–Crippen LogP) is 1.95. The molecule has 0 atom stereocenters. The number of phenols is 1. The van der Waals surface area contributed by atoms with E-state index >= 15 is 0 Å². The van der Waals surface area contributed by atoms with Crippen molar-refractivity contribution >= 4 is 18.9 Å². The largest absolute Gasteiger partial charge is 1.00 e. The fourth-order valence-corrected chi connectivity index (χ4v) is 7.47. The van der Waals surface area contributed by atoms with Crippen molar-refractivity contribution in [3.63, 3.8) is 0 Å². The summed E-state index contributed by atoms with van der Waals surface area (Å²) in [5.74, 6) is 3.02. The van der Waals surface area contributed by atoms with Crippen LogP contribution in [0.25, 0.3) is 33.4 Å². The van der Waals surface area contributed by atoms with Gasteiger partial charge in [0.25, 0.3) is 5.75 Å². The van der Waals surface area contributed by atoms with Gasteiger partial charge in [-0.2, -0.15) is 0 Å². The van der Waals surface area contributed by atoms with Crippen LogP contribution in [0.4, 0.5) is 0 Å². The van der Waals surface area contributed by atoms with Crippen LogP contribution < -0.4 is 86.6 Å². The predicted molar refractivity (Wildman–Crippen MR) is 238 cm³/mol. The summed E-state index contributed by atoms with van der Waals surface area (Å²) in [7, 11) is 0. The Morgan fingerprint density at radius 2 is 0.672 bits per heavy atom. The number of rotatable bonds is 0. The minimum Gasteiger partial charge on any atom is -0.872 e. The molecule has 3 heterocycles. The molecule has 0 spiro atoms. The van der Waals surface area contributed by atoms with Gasteiger partial charge >= 0.3 is 37.7 Å². The zero-order valence-electron chi connectivity index (χ0n) is 38.6. The van der Waals surface area contributed by atoms with Crippen molar-refractivity contribution in [1.29, 1.82) is 0 Å². The van der Waals surface area contributed by atoms with E-state index < -0.39 is 0 Å². The molecule has 334 valence electrons. The Balaban J connectivity index is 0.000000259. The maximum atomic E-state index is 12.3. The monoisotopic (exact) mass is 1020 g/mol. The Labute approximate surface area is 456 Å². The Kier molecular flexibility index (Phi) is 24.8. The zero-order chi connectivity index (χ0) is 44.0. The fraction of sp³-hybridized carbons (Fsp3) is 0.294. The van der Waals surface area contributed by atoms with Crippen LogP contribution in [-0.4, -0.2) is 68.7 Å². The molecule has 0 aliphatic carbocycles. The van der Waals surface area contributed by atoms with E-state index in [2.05, 4.69) is 0 Å². The molecule has 16 heteroatoms. The summed E-state index contributed by atoms with van der Waals surface area (Å²) in [6.45, 7) is 3.44. The molecule has 3 aliphatic heterocycles. The third kappa shape index (κ3) is 15.5. The summed E-state index contributed by atoms with van der Waals surface area (Å²) in [6.07, 6.45) is 8.56. The first-order chi connectivity index (χ1) is 30.8. The Morgan fingerprint density at radius 1 is 0.373 bits per heavy atom. The van der Waals surface area contributed by atoms with Gasteiger partial charge in [0.1, 0.15) is 40.2 Å². The van der Waals surface area contributed by atoms with E-state index in [9.17, 15) is 25.5 Å². The summed E-state index contributed by atoms with van der Waals surface area (Å²) < 4.78 is 34.6. The third-order valence-electron chi connectivity index (χ3n) is 10.6. The number of aromatic hydroxyl groups is 1. The van der Waals surface area contributed by atoms with Crippen molar-refractivity contribution in [3.05, 3.63) is 109 Å². The van der Waals surface area contributed by atoms with Gasteiger partial charge in [0, 0.05) is 100.0 Å². The number of benzene rings is 6. The SMILES string of the molecule is [La].[Li+].[Li+].[Li].[O-]c1cccc2c1-c1c([O-])cccc1OCCCCCO2.[O-]c1cccc2c1-c1cc(O)ccc1OCCCCCO2.[O-]c1cccc2c1-c1cc([OH2+])ccc1OCCCCCO2. The van der Waals surface area contributed by atoms with E-state index in [4.69, 9.17) is 33.5 Å². The van der Waals surface area contributed by atoms with Crippen molar-refractivity contribution in [1.82, 2.24) is 0 Å². The van der Waals surface area contributed by atoms with E-state index in [1.165, 1.54) is 24.3 Å². The summed E-state index contributed by atoms with van der Waals surface area (Å²) >= 11 is 0. The Bertz CT molecular complexity index is 2300. The normalized spacial score (nSPS) is 14.0. The summed E-state index contributed by atoms with van der Waals surface area (Å²) in [6, 6.07) is 29.5. The quantitative estimate of drug-likeness (QED) is 0.173. The van der Waals surface area contributed by atoms with Gasteiger partial charge in [-0.3, -0.25) is 0 Å². The molecule has 2 radical (unpaired) electrons. The minimum atomic E-state index is -0.222.